The van der Waals surface area contributed by atoms with Crippen LogP contribution in [0, 0.1) is 6.92 Å². The summed E-state index contributed by atoms with van der Waals surface area (Å²) < 4.78 is 5.28. The third kappa shape index (κ3) is 2.43. The van der Waals surface area contributed by atoms with Gasteiger partial charge in [-0.25, -0.2) is 0 Å². The zero-order chi connectivity index (χ0) is 15.9. The van der Waals surface area contributed by atoms with Crippen LogP contribution in [0.25, 0.3) is 0 Å². The van der Waals surface area contributed by atoms with E-state index in [1.54, 1.807) is 23.2 Å². The van der Waals surface area contributed by atoms with Gasteiger partial charge in [0.1, 0.15) is 12.2 Å². The van der Waals surface area contributed by atoms with E-state index in [0.29, 0.717) is 17.7 Å². The van der Waals surface area contributed by atoms with Crippen LogP contribution >= 0.6 is 11.3 Å². The maximum Gasteiger partial charge on any atom is 0.311 e. The number of carboxylic acids is 1. The molecule has 0 bridgehead atoms. The Morgan fingerprint density at radius 3 is 3.00 bits per heavy atom. The smallest absolute Gasteiger partial charge is 0.311 e. The highest BCUT2D eigenvalue weighted by molar-refractivity contribution is 7.10. The molecule has 1 amide bonds. The Bertz CT molecular complexity index is 730. The van der Waals surface area contributed by atoms with Crippen LogP contribution in [0.15, 0.2) is 22.1 Å². The molecule has 0 fully saturated rings. The molecule has 0 aromatic carbocycles. The number of nitrogens with zero attached hydrogens (tertiary/aromatic N) is 1. The number of carboxylic acid groups (broad SMARTS) is 1. The van der Waals surface area contributed by atoms with Crippen LogP contribution in [0.3, 0.4) is 0 Å². The maximum atomic E-state index is 12.9. The minimum Gasteiger partial charge on any atom is -0.481 e. The average molecular weight is 319 g/mol. The molecule has 0 aliphatic carbocycles. The van der Waals surface area contributed by atoms with Crippen molar-refractivity contribution in [2.24, 2.45) is 0 Å². The zero-order valence-corrected chi connectivity index (χ0v) is 13.3. The molecule has 1 aliphatic heterocycles. The van der Waals surface area contributed by atoms with E-state index in [-0.39, 0.29) is 24.1 Å². The summed E-state index contributed by atoms with van der Waals surface area (Å²) >= 11 is 1.72. The van der Waals surface area contributed by atoms with Crippen molar-refractivity contribution in [1.82, 2.24) is 4.90 Å². The number of aryl methyl sites for hydroxylation is 1. The van der Waals surface area contributed by atoms with Crippen molar-refractivity contribution in [3.8, 4) is 0 Å². The van der Waals surface area contributed by atoms with Crippen LogP contribution in [0.1, 0.15) is 45.1 Å². The number of carbonyl (C=O) groups is 2. The molecule has 1 N–H and O–H groups in total. The Morgan fingerprint density at radius 1 is 1.50 bits per heavy atom. The van der Waals surface area contributed by atoms with Gasteiger partial charge in [0.15, 0.2) is 0 Å². The third-order valence-electron chi connectivity index (χ3n) is 4.11. The summed E-state index contributed by atoms with van der Waals surface area (Å²) in [6.07, 6.45) is 2.02. The monoisotopic (exact) mass is 319 g/mol. The third-order valence-corrected chi connectivity index (χ3v) is 5.11. The molecule has 3 heterocycles. The van der Waals surface area contributed by atoms with Gasteiger partial charge in [-0.05, 0) is 37.3 Å². The van der Waals surface area contributed by atoms with Crippen LogP contribution in [-0.4, -0.2) is 28.4 Å². The van der Waals surface area contributed by atoms with Crippen molar-refractivity contribution in [1.29, 1.82) is 0 Å². The summed E-state index contributed by atoms with van der Waals surface area (Å²) in [5, 5.41) is 11.0. The fraction of sp³-hybridized carbons (Fsp3) is 0.375. The first-order valence-electron chi connectivity index (χ1n) is 7.15. The SMILES string of the molecule is Cc1coc(CC(=O)O)c1C(=O)N1CCc2sccc2C1C. The van der Waals surface area contributed by atoms with E-state index in [4.69, 9.17) is 9.52 Å². The first-order valence-corrected chi connectivity index (χ1v) is 8.03. The van der Waals surface area contributed by atoms with Gasteiger partial charge in [-0.15, -0.1) is 11.3 Å². The molecular formula is C16H17NO4S. The number of furan rings is 1. The summed E-state index contributed by atoms with van der Waals surface area (Å²) in [6.45, 7) is 4.42. The van der Waals surface area contributed by atoms with Crippen molar-refractivity contribution in [2.45, 2.75) is 32.7 Å². The van der Waals surface area contributed by atoms with Crippen LogP contribution < -0.4 is 0 Å². The topological polar surface area (TPSA) is 70.7 Å². The van der Waals surface area contributed by atoms with Crippen molar-refractivity contribution in [3.63, 3.8) is 0 Å². The van der Waals surface area contributed by atoms with E-state index in [0.717, 1.165) is 6.42 Å². The average Bonchev–Trinajstić information content (AvgIpc) is 3.06. The van der Waals surface area contributed by atoms with Crippen LogP contribution in [-0.2, 0) is 17.6 Å². The standard InChI is InChI=1S/C16H17NO4S/c1-9-8-21-12(7-14(18)19)15(9)16(20)17-5-3-13-11(10(17)2)4-6-22-13/h4,6,8,10H,3,5,7H2,1-2H3,(H,18,19). The number of thiophene rings is 1. The van der Waals surface area contributed by atoms with Crippen molar-refractivity contribution >= 4 is 23.2 Å². The Labute approximate surface area is 132 Å². The molecule has 2 aromatic heterocycles. The van der Waals surface area contributed by atoms with Crippen molar-refractivity contribution in [3.05, 3.63) is 45.0 Å². The van der Waals surface area contributed by atoms with E-state index in [9.17, 15) is 9.59 Å². The van der Waals surface area contributed by atoms with Gasteiger partial charge in [0.05, 0.1) is 17.9 Å². The van der Waals surface area contributed by atoms with Crippen LogP contribution in [0.5, 0.6) is 0 Å². The number of aliphatic carboxylic acids is 1. The van der Waals surface area contributed by atoms with E-state index in [2.05, 4.69) is 6.07 Å². The Balaban J connectivity index is 1.92. The normalized spacial score (nSPS) is 17.4. The summed E-state index contributed by atoms with van der Waals surface area (Å²) in [4.78, 5) is 27.0. The number of hydrogen-bond acceptors (Lipinski definition) is 4. The van der Waals surface area contributed by atoms with Crippen molar-refractivity contribution in [2.75, 3.05) is 6.54 Å². The highest BCUT2D eigenvalue weighted by Crippen LogP contribution is 2.34. The van der Waals surface area contributed by atoms with Gasteiger partial charge >= 0.3 is 5.97 Å². The number of hydrogen-bond donors (Lipinski definition) is 1. The molecule has 22 heavy (non-hydrogen) atoms. The largest absolute Gasteiger partial charge is 0.481 e. The molecule has 3 rings (SSSR count). The lowest BCUT2D eigenvalue weighted by Gasteiger charge is -2.33. The minimum atomic E-state index is -1.00. The first kappa shape index (κ1) is 14.8. The summed E-state index contributed by atoms with van der Waals surface area (Å²) in [6, 6.07) is 2.05. The van der Waals surface area contributed by atoms with Gasteiger partial charge in [0.25, 0.3) is 5.91 Å². The van der Waals surface area contributed by atoms with E-state index in [1.165, 1.54) is 16.7 Å². The number of amides is 1. The molecule has 0 saturated heterocycles. The van der Waals surface area contributed by atoms with Gasteiger partial charge in [-0.3, -0.25) is 9.59 Å². The van der Waals surface area contributed by atoms with Gasteiger partial charge in [0.2, 0.25) is 0 Å². The first-order chi connectivity index (χ1) is 10.5. The van der Waals surface area contributed by atoms with Crippen molar-refractivity contribution < 1.29 is 19.1 Å². The molecule has 0 saturated carbocycles. The zero-order valence-electron chi connectivity index (χ0n) is 12.5. The fourth-order valence-electron chi connectivity index (χ4n) is 2.98. The molecule has 1 aliphatic rings. The lowest BCUT2D eigenvalue weighted by molar-refractivity contribution is -0.136. The second-order valence-electron chi connectivity index (χ2n) is 5.51. The summed E-state index contributed by atoms with van der Waals surface area (Å²) in [5.41, 5.74) is 2.27. The number of carbonyl (C=O) groups excluding carboxylic acids is 1. The molecule has 5 nitrogen and oxygen atoms in total. The minimum absolute atomic E-state index is 0.00511. The van der Waals surface area contributed by atoms with E-state index in [1.807, 2.05) is 12.3 Å². The molecule has 0 radical (unpaired) electrons. The molecule has 6 heteroatoms. The highest BCUT2D eigenvalue weighted by atomic mass is 32.1. The molecule has 116 valence electrons. The molecule has 1 unspecified atom stereocenters. The Hall–Kier alpha value is -2.08. The van der Waals surface area contributed by atoms with E-state index < -0.39 is 5.97 Å². The second kappa shape index (κ2) is 5.61. The summed E-state index contributed by atoms with van der Waals surface area (Å²) in [7, 11) is 0. The van der Waals surface area contributed by atoms with Gasteiger partial charge in [-0.2, -0.15) is 0 Å². The number of fused-ring (bicyclic) bond motifs is 1. The molecule has 2 aromatic rings. The van der Waals surface area contributed by atoms with Gasteiger partial charge < -0.3 is 14.4 Å². The van der Waals surface area contributed by atoms with E-state index >= 15 is 0 Å². The molecule has 1 atom stereocenters. The Morgan fingerprint density at radius 2 is 2.27 bits per heavy atom. The van der Waals surface area contributed by atoms with Crippen LogP contribution in [0.4, 0.5) is 0 Å². The van der Waals surface area contributed by atoms with Crippen LogP contribution in [0.2, 0.25) is 0 Å². The molecular weight excluding hydrogens is 302 g/mol. The second-order valence-corrected chi connectivity index (χ2v) is 6.51. The molecule has 0 spiro atoms. The lowest BCUT2D eigenvalue weighted by Crippen LogP contribution is -2.38. The fourth-order valence-corrected chi connectivity index (χ4v) is 3.95. The predicted octanol–water partition coefficient (Wildman–Crippen LogP) is 3.04. The van der Waals surface area contributed by atoms with Gasteiger partial charge in [-0.1, -0.05) is 0 Å². The van der Waals surface area contributed by atoms with Gasteiger partial charge in [0, 0.05) is 17.0 Å². The number of rotatable bonds is 3. The predicted molar refractivity (Wildman–Crippen MR) is 82.3 cm³/mol. The highest BCUT2D eigenvalue weighted by Gasteiger charge is 2.32. The summed E-state index contributed by atoms with van der Waals surface area (Å²) in [5.74, 6) is -0.916. The lowest BCUT2D eigenvalue weighted by atomic mass is 9.99. The quantitative estimate of drug-likeness (QED) is 0.944. The maximum absolute atomic E-state index is 12.9. The Kier molecular flexibility index (Phi) is 3.78.